The first-order valence-corrected chi connectivity index (χ1v) is 33.2. The molecule has 23 heteroatoms. The molecule has 16 nitrogen and oxygen atoms in total. The summed E-state index contributed by atoms with van der Waals surface area (Å²) in [5.41, 5.74) is 2.92. The van der Waals surface area contributed by atoms with Crippen LogP contribution in [0.4, 0.5) is 43.2 Å². The predicted octanol–water partition coefficient (Wildman–Crippen LogP) is 8.07. The maximum atomic E-state index is 14.6. The van der Waals surface area contributed by atoms with Crippen molar-refractivity contribution < 1.29 is 46.0 Å². The summed E-state index contributed by atoms with van der Waals surface area (Å²) in [5.74, 6) is -1.63. The van der Waals surface area contributed by atoms with Crippen molar-refractivity contribution in [1.82, 2.24) is 20.6 Å². The maximum absolute atomic E-state index is 14.6. The van der Waals surface area contributed by atoms with Crippen LogP contribution in [0.1, 0.15) is 91.6 Å². The number of anilines is 3. The van der Waals surface area contributed by atoms with E-state index in [4.69, 9.17) is 40.2 Å². The van der Waals surface area contributed by atoms with Gasteiger partial charge >= 0.3 is 56.6 Å². The van der Waals surface area contributed by atoms with Crippen LogP contribution in [-0.4, -0.2) is 69.3 Å². The average Bonchev–Trinajstić information content (AvgIpc) is 3.53. The zero-order chi connectivity index (χ0) is 51.2. The smallest absolute Gasteiger partial charge is 0.360 e. The molecule has 1 aliphatic heterocycles. The maximum Gasteiger partial charge on any atom is 0.373 e. The predicted molar refractivity (Wildman–Crippen MR) is 281 cm³/mol. The van der Waals surface area contributed by atoms with E-state index < -0.39 is 29.0 Å². The zero-order valence-corrected chi connectivity index (χ0v) is 45.4. The minimum absolute atomic E-state index is 0. The number of nitrogens with one attached hydrogen (secondary N) is 3. The molecular weight excluding hydrogens is 1270 g/mol. The minimum Gasteiger partial charge on any atom is -0.360 e. The van der Waals surface area contributed by atoms with Crippen molar-refractivity contribution in [2.24, 2.45) is 4.99 Å². The summed E-state index contributed by atoms with van der Waals surface area (Å²) in [7, 11) is 2.92. The first-order chi connectivity index (χ1) is 32.4. The SMILES string of the molecule is C.CC#N.CNC(=O)c1ccc(NC2(C)CCC2)cc1F.I[I-]I.O=C=O.[C-]#[N+]c1ncc(N2C(=O)C3(CCC3)N(c3ccc(C(=O)NC)c(F)c3)C2=S)cc1C.[C-]#[N+]c1ncc(N=C=S)cc1C. The van der Waals surface area contributed by atoms with Crippen molar-refractivity contribution in [3.8, 4) is 6.07 Å². The summed E-state index contributed by atoms with van der Waals surface area (Å²) < 4.78 is 28.3. The molecule has 3 heterocycles. The third-order valence-electron chi connectivity index (χ3n) is 10.3. The van der Waals surface area contributed by atoms with E-state index in [1.807, 2.05) is 6.92 Å². The third kappa shape index (κ3) is 16.3. The van der Waals surface area contributed by atoms with E-state index in [0.29, 0.717) is 54.5 Å². The van der Waals surface area contributed by atoms with Gasteiger partial charge in [-0.1, -0.05) is 20.6 Å². The number of nitriles is 1. The molecule has 2 aliphatic carbocycles. The van der Waals surface area contributed by atoms with E-state index in [9.17, 15) is 23.2 Å². The van der Waals surface area contributed by atoms with Crippen LogP contribution in [0.2, 0.25) is 0 Å². The van der Waals surface area contributed by atoms with Crippen molar-refractivity contribution in [3.63, 3.8) is 0 Å². The summed E-state index contributed by atoms with van der Waals surface area (Å²) in [4.78, 5) is 74.2. The van der Waals surface area contributed by atoms with Crippen LogP contribution in [-0.2, 0) is 14.4 Å². The van der Waals surface area contributed by atoms with Crippen LogP contribution < -0.4 is 39.0 Å². The molecule has 3 fully saturated rings. The molecule has 4 aromatic rings. The molecule has 69 heavy (non-hydrogen) atoms. The Balaban J connectivity index is 0.000000515. The van der Waals surface area contributed by atoms with E-state index in [1.165, 1.54) is 69.0 Å². The Hall–Kier alpha value is -5.46. The van der Waals surface area contributed by atoms with Gasteiger partial charge in [0.05, 0.1) is 28.0 Å². The van der Waals surface area contributed by atoms with Gasteiger partial charge in [0.1, 0.15) is 35.3 Å². The average molecular weight is 1320 g/mol. The number of amides is 3. The molecule has 2 saturated carbocycles. The Morgan fingerprint density at radius 3 is 1.75 bits per heavy atom. The largest absolute Gasteiger partial charge is 0.373 e. The number of hydrogen-bond donors (Lipinski definition) is 3. The van der Waals surface area contributed by atoms with Gasteiger partial charge in [0.15, 0.2) is 5.11 Å². The van der Waals surface area contributed by atoms with Crippen molar-refractivity contribution in [1.29, 1.82) is 5.26 Å². The van der Waals surface area contributed by atoms with E-state index in [-0.39, 0.29) is 47.1 Å². The van der Waals surface area contributed by atoms with Crippen LogP contribution in [0.25, 0.3) is 9.69 Å². The fraction of sp³-hybridized carbons (Fsp3) is 0.326. The van der Waals surface area contributed by atoms with Gasteiger partial charge in [-0.3, -0.25) is 19.3 Å². The van der Waals surface area contributed by atoms with Crippen LogP contribution in [0.15, 0.2) is 65.9 Å². The number of nitrogens with zero attached hydrogens (tertiary/aromatic N) is 8. The van der Waals surface area contributed by atoms with Crippen LogP contribution in [0.3, 0.4) is 0 Å². The molecule has 0 bridgehead atoms. The Morgan fingerprint density at radius 2 is 1.36 bits per heavy atom. The van der Waals surface area contributed by atoms with Crippen LogP contribution in [0, 0.1) is 50.0 Å². The zero-order valence-electron chi connectivity index (χ0n) is 37.3. The third-order valence-corrected chi connectivity index (χ3v) is 10.8. The van der Waals surface area contributed by atoms with E-state index in [0.717, 1.165) is 30.5 Å². The molecule has 3 aliphatic rings. The summed E-state index contributed by atoms with van der Waals surface area (Å²) in [6, 6.07) is 14.1. The monoisotopic (exact) mass is 1320 g/mol. The van der Waals surface area contributed by atoms with Crippen molar-refractivity contribution in [3.05, 3.63) is 118 Å². The second kappa shape index (κ2) is 30.2. The van der Waals surface area contributed by atoms with Gasteiger partial charge in [-0.25, -0.2) is 8.78 Å². The summed E-state index contributed by atoms with van der Waals surface area (Å²) >= 11 is 15.4. The normalized spacial score (nSPS) is 13.7. The number of aromatic nitrogens is 2. The number of hydrogen-bond acceptors (Lipinski definition) is 12. The summed E-state index contributed by atoms with van der Waals surface area (Å²) in [6.07, 6.45) is 8.66. The summed E-state index contributed by atoms with van der Waals surface area (Å²) in [5, 5.41) is 17.9. The summed E-state index contributed by atoms with van der Waals surface area (Å²) in [6.45, 7) is 21.0. The number of halogens is 5. The Labute approximate surface area is 440 Å². The van der Waals surface area contributed by atoms with Gasteiger partial charge in [-0.05, 0) is 143 Å². The van der Waals surface area contributed by atoms with Gasteiger partial charge in [-0.2, -0.15) is 19.8 Å². The number of carbonyl (C=O) groups is 3. The molecule has 364 valence electrons. The fourth-order valence-electron chi connectivity index (χ4n) is 6.84. The number of benzene rings is 2. The van der Waals surface area contributed by atoms with E-state index in [2.05, 4.69) is 102 Å². The first kappa shape index (κ1) is 61.6. The van der Waals surface area contributed by atoms with Gasteiger partial charge in [0.2, 0.25) is 0 Å². The minimum atomic E-state index is -0.871. The molecule has 1 saturated heterocycles. The molecule has 2 aromatic heterocycles. The Bertz CT molecular complexity index is 2710. The molecule has 2 aromatic carbocycles. The van der Waals surface area contributed by atoms with Crippen molar-refractivity contribution in [2.45, 2.75) is 84.7 Å². The van der Waals surface area contributed by atoms with Crippen LogP contribution >= 0.6 is 61.7 Å². The molecule has 0 unspecified atom stereocenters. The molecule has 7 rings (SSSR count). The number of rotatable bonds is 7. The Morgan fingerprint density at radius 1 is 0.884 bits per heavy atom. The molecule has 0 radical (unpaired) electrons. The molecule has 1 spiro atoms. The second-order valence-electron chi connectivity index (χ2n) is 14.7. The first-order valence-electron chi connectivity index (χ1n) is 19.8. The number of pyridine rings is 2. The molecule has 3 N–H and O–H groups in total. The van der Waals surface area contributed by atoms with Gasteiger partial charge in [-0.15, -0.1) is 9.97 Å². The quantitative estimate of drug-likeness (QED) is 0.0697. The number of aliphatic imine (C=N–C) groups is 1. The molecule has 3 amide bonds. The van der Waals surface area contributed by atoms with E-state index in [1.54, 1.807) is 42.2 Å². The van der Waals surface area contributed by atoms with Crippen LogP contribution in [0.5, 0.6) is 0 Å². The van der Waals surface area contributed by atoms with Gasteiger partial charge in [0, 0.05) is 37.9 Å². The number of thiocarbonyl (C=S) groups is 2. The topological polar surface area (TPSA) is 199 Å². The van der Waals surface area contributed by atoms with E-state index >= 15 is 0 Å². The van der Waals surface area contributed by atoms with Crippen molar-refractivity contribution >= 4 is 130 Å². The van der Waals surface area contributed by atoms with Gasteiger partial charge in [0.25, 0.3) is 29.4 Å². The fourth-order valence-corrected chi connectivity index (χ4v) is 7.41. The second-order valence-corrected chi connectivity index (χ2v) is 31.4. The molecule has 0 atom stereocenters. The van der Waals surface area contributed by atoms with Gasteiger partial charge < -0.3 is 30.5 Å². The molecular formula is C46H47F2I3N11O5S2-. The Kier molecular flexibility index (Phi) is 27.0. The number of aryl methyl sites for hydroxylation is 2. The number of carbonyl (C=O) groups excluding carboxylic acids is 5. The standard InChI is InChI=1S/C21H18FN5O2S.C13H17FN2O.C8H5N3S.C2H3N.CO2.CH4.I3/c1-12-9-14(11-25-17(12)23-2)26-19(29)21(7-4-8-21)27(20(26)30)13-5-6-15(16(22)10-13)18(28)24-3;1-13(6-3-7-13)16-9-4-5-10(11(14)8-9)12(17)15-2;1-6-3-7(11-5-12)4-10-8(6)9-2;1-2-3;2-1-3;;1-3-2/h5-6,9-11H,4,7-8H2,1,3H3,(H,24,28);4-5,8,16H,3,6-7H2,1-2H3,(H,15,17);3-4H,1H3;1H3;;1H4;/q;;;;;;-1. The van der Waals surface area contributed by atoms with Crippen molar-refractivity contribution in [2.75, 3.05) is 29.2 Å². The number of isothiocyanates is 1.